The van der Waals surface area contributed by atoms with Gasteiger partial charge in [0.1, 0.15) is 6.04 Å². The van der Waals surface area contributed by atoms with E-state index in [0.29, 0.717) is 46.1 Å². The molecule has 0 bridgehead atoms. The zero-order chi connectivity index (χ0) is 23.6. The second-order valence-corrected chi connectivity index (χ2v) is 10.2. The Balaban J connectivity index is 1.76. The van der Waals surface area contributed by atoms with Gasteiger partial charge >= 0.3 is 5.97 Å². The standard InChI is InChI=1S/C23H30ClN3O5S/c1-33-10-9-19(22(29)30)27(23(31)13-32-14-23)26-12-16(20-17(24)7-4-8-18(20)26)21(28)25-11-15-5-2-3-6-15/h4,7-8,12,15,19,31H,2-3,5-6,9-11,13-14H2,1H3,(H,25,28)(H,29,30)/t19-/m0/s1. The number of hydrogen-bond acceptors (Lipinski definition) is 6. The van der Waals surface area contributed by atoms with E-state index in [-0.39, 0.29) is 19.1 Å². The van der Waals surface area contributed by atoms with Gasteiger partial charge in [0.15, 0.2) is 5.72 Å². The summed E-state index contributed by atoms with van der Waals surface area (Å²) in [5.41, 5.74) is -0.589. The topological polar surface area (TPSA) is 104 Å². The van der Waals surface area contributed by atoms with Crippen LogP contribution in [0.15, 0.2) is 24.4 Å². The van der Waals surface area contributed by atoms with E-state index in [1.54, 1.807) is 29.1 Å². The zero-order valence-electron chi connectivity index (χ0n) is 18.6. The van der Waals surface area contributed by atoms with Crippen LogP contribution in [0.4, 0.5) is 0 Å². The summed E-state index contributed by atoms with van der Waals surface area (Å²) in [4.78, 5) is 25.5. The molecule has 1 aliphatic heterocycles. The number of nitrogens with zero attached hydrogens (tertiary/aromatic N) is 2. The number of rotatable bonds is 10. The highest BCUT2D eigenvalue weighted by Gasteiger charge is 2.48. The number of thioether (sulfide) groups is 1. The molecule has 2 aliphatic rings. The van der Waals surface area contributed by atoms with Crippen molar-refractivity contribution in [1.29, 1.82) is 0 Å². The first-order chi connectivity index (χ1) is 15.9. The van der Waals surface area contributed by atoms with Crippen molar-refractivity contribution in [3.63, 3.8) is 0 Å². The van der Waals surface area contributed by atoms with Crippen molar-refractivity contribution < 1.29 is 24.5 Å². The molecule has 3 N–H and O–H groups in total. The van der Waals surface area contributed by atoms with Crippen LogP contribution in [0.25, 0.3) is 10.9 Å². The molecule has 1 aromatic heterocycles. The van der Waals surface area contributed by atoms with Crippen molar-refractivity contribution in [2.45, 2.75) is 43.9 Å². The van der Waals surface area contributed by atoms with Gasteiger partial charge in [-0.25, -0.2) is 4.79 Å². The van der Waals surface area contributed by atoms with Crippen LogP contribution in [-0.4, -0.2) is 70.3 Å². The van der Waals surface area contributed by atoms with Crippen LogP contribution >= 0.6 is 23.4 Å². The summed E-state index contributed by atoms with van der Waals surface area (Å²) in [6, 6.07) is 4.21. The van der Waals surface area contributed by atoms with E-state index in [1.165, 1.54) is 29.6 Å². The van der Waals surface area contributed by atoms with Crippen molar-refractivity contribution in [2.24, 2.45) is 5.92 Å². The number of carboxylic acid groups (broad SMARTS) is 1. The number of amides is 1. The number of nitrogens with one attached hydrogen (secondary N) is 1. The lowest BCUT2D eigenvalue weighted by Crippen LogP contribution is -2.70. The molecule has 2 heterocycles. The number of halogens is 1. The molecule has 0 radical (unpaired) electrons. The third kappa shape index (κ3) is 4.82. The number of aliphatic carboxylic acids is 1. The van der Waals surface area contributed by atoms with Gasteiger partial charge in [0, 0.05) is 18.1 Å². The molecule has 0 unspecified atom stereocenters. The number of aliphatic hydroxyl groups is 1. The Morgan fingerprint density at radius 1 is 1.36 bits per heavy atom. The zero-order valence-corrected chi connectivity index (χ0v) is 20.2. The van der Waals surface area contributed by atoms with Gasteiger partial charge in [-0.15, -0.1) is 0 Å². The van der Waals surface area contributed by atoms with E-state index in [9.17, 15) is 19.8 Å². The molecule has 1 saturated heterocycles. The highest BCUT2D eigenvalue weighted by Crippen LogP contribution is 2.33. The van der Waals surface area contributed by atoms with Gasteiger partial charge in [-0.3, -0.25) is 14.5 Å². The van der Waals surface area contributed by atoms with Gasteiger partial charge in [-0.2, -0.15) is 11.8 Å². The Morgan fingerprint density at radius 2 is 2.09 bits per heavy atom. The van der Waals surface area contributed by atoms with Gasteiger partial charge in [0.2, 0.25) is 0 Å². The smallest absolute Gasteiger partial charge is 0.328 e. The number of carbonyl (C=O) groups excluding carboxylic acids is 1. The minimum atomic E-state index is -1.51. The molecular weight excluding hydrogens is 466 g/mol. The molecule has 2 aromatic rings. The highest BCUT2D eigenvalue weighted by atomic mass is 35.5. The van der Waals surface area contributed by atoms with Crippen LogP contribution in [0.2, 0.25) is 5.02 Å². The molecule has 1 aromatic carbocycles. The van der Waals surface area contributed by atoms with E-state index >= 15 is 0 Å². The Hall–Kier alpha value is -1.94. The molecule has 2 fully saturated rings. The van der Waals surface area contributed by atoms with Crippen molar-refractivity contribution in [3.05, 3.63) is 35.0 Å². The summed E-state index contributed by atoms with van der Waals surface area (Å²) in [5, 5.41) is 26.7. The summed E-state index contributed by atoms with van der Waals surface area (Å²) in [5.74, 6) is -0.240. The molecule has 1 amide bonds. The monoisotopic (exact) mass is 495 g/mol. The Labute approximate surface area is 202 Å². The summed E-state index contributed by atoms with van der Waals surface area (Å²) < 4.78 is 6.83. The fourth-order valence-corrected chi connectivity index (χ4v) is 5.49. The van der Waals surface area contributed by atoms with Crippen LogP contribution < -0.4 is 10.3 Å². The first kappa shape index (κ1) is 24.2. The van der Waals surface area contributed by atoms with Crippen molar-refractivity contribution in [2.75, 3.05) is 36.8 Å². The molecule has 1 aliphatic carbocycles. The van der Waals surface area contributed by atoms with Gasteiger partial charge in [0.25, 0.3) is 5.91 Å². The normalized spacial score (nSPS) is 18.8. The van der Waals surface area contributed by atoms with Gasteiger partial charge < -0.3 is 20.3 Å². The SMILES string of the molecule is CSCC[C@@H](C(=O)O)N(n1cc(C(=O)NCC2CCCC2)c2c(Cl)cccc21)C1(O)COC1. The molecule has 10 heteroatoms. The summed E-state index contributed by atoms with van der Waals surface area (Å²) in [7, 11) is 0. The van der Waals surface area contributed by atoms with Crippen molar-refractivity contribution in [3.8, 4) is 0 Å². The molecule has 8 nitrogen and oxygen atoms in total. The minimum Gasteiger partial charge on any atom is -0.480 e. The third-order valence-electron chi connectivity index (χ3n) is 6.53. The Morgan fingerprint density at radius 3 is 2.70 bits per heavy atom. The number of carbonyl (C=O) groups is 2. The summed E-state index contributed by atoms with van der Waals surface area (Å²) in [6.45, 7) is 0.544. The predicted octanol–water partition coefficient (Wildman–Crippen LogP) is 3.08. The predicted molar refractivity (Wildman–Crippen MR) is 130 cm³/mol. The van der Waals surface area contributed by atoms with Crippen LogP contribution in [-0.2, 0) is 9.53 Å². The number of ether oxygens (including phenoxy) is 1. The number of fused-ring (bicyclic) bond motifs is 1. The molecule has 1 saturated carbocycles. The lowest BCUT2D eigenvalue weighted by molar-refractivity contribution is -0.194. The fraction of sp³-hybridized carbons (Fsp3) is 0.565. The molecule has 180 valence electrons. The largest absolute Gasteiger partial charge is 0.480 e. The quantitative estimate of drug-likeness (QED) is 0.435. The van der Waals surface area contributed by atoms with E-state index in [0.717, 1.165) is 12.8 Å². The molecule has 0 spiro atoms. The first-order valence-electron chi connectivity index (χ1n) is 11.2. The van der Waals surface area contributed by atoms with Gasteiger partial charge in [0.05, 0.1) is 29.3 Å². The number of aromatic nitrogens is 1. The Bertz CT molecular complexity index is 1020. The number of benzene rings is 1. The number of carboxylic acids is 1. The van der Waals surface area contributed by atoms with E-state index in [2.05, 4.69) is 5.32 Å². The van der Waals surface area contributed by atoms with Crippen LogP contribution in [0.1, 0.15) is 42.5 Å². The van der Waals surface area contributed by atoms with Crippen LogP contribution in [0.3, 0.4) is 0 Å². The second-order valence-electron chi connectivity index (χ2n) is 8.84. The van der Waals surface area contributed by atoms with Crippen LogP contribution in [0.5, 0.6) is 0 Å². The van der Waals surface area contributed by atoms with Crippen LogP contribution in [0, 0.1) is 5.92 Å². The van der Waals surface area contributed by atoms with Crippen molar-refractivity contribution in [1.82, 2.24) is 9.99 Å². The Kier molecular flexibility index (Phi) is 7.43. The maximum absolute atomic E-state index is 13.2. The average Bonchev–Trinajstić information content (AvgIpc) is 3.42. The van der Waals surface area contributed by atoms with E-state index in [1.807, 2.05) is 6.26 Å². The molecule has 33 heavy (non-hydrogen) atoms. The van der Waals surface area contributed by atoms with Gasteiger partial charge in [-0.05, 0) is 49.3 Å². The second kappa shape index (κ2) is 10.1. The summed E-state index contributed by atoms with van der Waals surface area (Å²) in [6.07, 6.45) is 8.40. The van der Waals surface area contributed by atoms with E-state index in [4.69, 9.17) is 16.3 Å². The van der Waals surface area contributed by atoms with Crippen molar-refractivity contribution >= 4 is 46.1 Å². The molecule has 4 rings (SSSR count). The minimum absolute atomic E-state index is 0.0283. The molecular formula is C23H30ClN3O5S. The maximum Gasteiger partial charge on any atom is 0.328 e. The average molecular weight is 496 g/mol. The maximum atomic E-state index is 13.2. The lowest BCUT2D eigenvalue weighted by Gasteiger charge is -2.49. The first-order valence-corrected chi connectivity index (χ1v) is 13.0. The van der Waals surface area contributed by atoms with Gasteiger partial charge in [-0.1, -0.05) is 30.5 Å². The molecule has 1 atom stereocenters. The highest BCUT2D eigenvalue weighted by molar-refractivity contribution is 7.98. The lowest BCUT2D eigenvalue weighted by atomic mass is 10.1. The summed E-state index contributed by atoms with van der Waals surface area (Å²) >= 11 is 8.05. The van der Waals surface area contributed by atoms with E-state index < -0.39 is 17.7 Å². The number of hydrogen-bond donors (Lipinski definition) is 3. The fourth-order valence-electron chi connectivity index (χ4n) is 4.76. The third-order valence-corrected chi connectivity index (χ3v) is 7.49.